The lowest BCUT2D eigenvalue weighted by molar-refractivity contribution is -0.389. The maximum atomic E-state index is 12.5. The number of benzene rings is 2. The van der Waals surface area contributed by atoms with Crippen LogP contribution in [0.2, 0.25) is 0 Å². The Bertz CT molecular complexity index is 1260. The van der Waals surface area contributed by atoms with Crippen LogP contribution >= 0.6 is 0 Å². The van der Waals surface area contributed by atoms with Crippen LogP contribution in [0.15, 0.2) is 54.7 Å². The minimum Gasteiger partial charge on any atom is -0.489 e. The van der Waals surface area contributed by atoms with Gasteiger partial charge in [0.05, 0.1) is 6.54 Å². The fraction of sp³-hybridized carbons (Fsp3) is 0.423. The lowest BCUT2D eigenvalue weighted by Crippen LogP contribution is -2.38. The second-order valence-corrected chi connectivity index (χ2v) is 9.93. The minimum atomic E-state index is -4.69. The van der Waals surface area contributed by atoms with E-state index < -0.39 is 16.9 Å². The van der Waals surface area contributed by atoms with Crippen LogP contribution in [0.4, 0.5) is 24.7 Å². The number of anilines is 1. The van der Waals surface area contributed by atoms with Gasteiger partial charge in [0.25, 0.3) is 0 Å². The SMILES string of the molecule is CC1(COc2ccc(N3CCC(Cc4cccc(OC(F)(F)F)c4)CC3)cc2)Cn2cc([N+](=O)[O-])nc2O1. The molecule has 0 N–H and O–H groups in total. The fourth-order valence-corrected chi connectivity index (χ4v) is 4.94. The van der Waals surface area contributed by atoms with Gasteiger partial charge in [-0.15, -0.1) is 13.2 Å². The van der Waals surface area contributed by atoms with Crippen molar-refractivity contribution >= 4 is 11.5 Å². The van der Waals surface area contributed by atoms with Crippen molar-refractivity contribution in [3.05, 3.63) is 70.4 Å². The van der Waals surface area contributed by atoms with Crippen molar-refractivity contribution in [1.29, 1.82) is 0 Å². The first-order chi connectivity index (χ1) is 18.1. The third kappa shape index (κ3) is 6.12. The largest absolute Gasteiger partial charge is 0.573 e. The van der Waals surface area contributed by atoms with Crippen LogP contribution in [-0.4, -0.2) is 46.1 Å². The Morgan fingerprint density at radius 3 is 2.55 bits per heavy atom. The molecule has 3 heterocycles. The van der Waals surface area contributed by atoms with E-state index in [0.717, 1.165) is 37.2 Å². The average Bonchev–Trinajstić information content (AvgIpc) is 3.39. The van der Waals surface area contributed by atoms with E-state index in [2.05, 4.69) is 14.6 Å². The van der Waals surface area contributed by atoms with E-state index in [9.17, 15) is 23.3 Å². The van der Waals surface area contributed by atoms with Crippen molar-refractivity contribution in [1.82, 2.24) is 9.55 Å². The van der Waals surface area contributed by atoms with Crippen LogP contribution in [0, 0.1) is 16.0 Å². The first kappa shape index (κ1) is 25.7. The molecule has 1 aromatic heterocycles. The van der Waals surface area contributed by atoms with Crippen LogP contribution in [0.1, 0.15) is 25.3 Å². The van der Waals surface area contributed by atoms with Crippen molar-refractivity contribution in [3.8, 4) is 17.5 Å². The molecule has 2 aromatic carbocycles. The highest BCUT2D eigenvalue weighted by molar-refractivity contribution is 5.49. The molecule has 38 heavy (non-hydrogen) atoms. The number of ether oxygens (including phenoxy) is 3. The molecule has 5 rings (SSSR count). The number of aromatic nitrogens is 2. The fourth-order valence-electron chi connectivity index (χ4n) is 4.94. The first-order valence-electron chi connectivity index (χ1n) is 12.3. The van der Waals surface area contributed by atoms with Crippen LogP contribution in [-0.2, 0) is 13.0 Å². The topological polar surface area (TPSA) is 91.9 Å². The van der Waals surface area contributed by atoms with Crippen LogP contribution in [0.5, 0.6) is 17.5 Å². The lowest BCUT2D eigenvalue weighted by Gasteiger charge is -2.34. The van der Waals surface area contributed by atoms with Gasteiger partial charge in [-0.2, -0.15) is 0 Å². The van der Waals surface area contributed by atoms with Gasteiger partial charge in [-0.3, -0.25) is 4.57 Å². The molecule has 1 atom stereocenters. The van der Waals surface area contributed by atoms with Crippen LogP contribution < -0.4 is 19.1 Å². The van der Waals surface area contributed by atoms with Gasteiger partial charge < -0.3 is 29.2 Å². The summed E-state index contributed by atoms with van der Waals surface area (Å²) in [6, 6.07) is 14.2. The lowest BCUT2D eigenvalue weighted by atomic mass is 9.90. The third-order valence-electron chi connectivity index (χ3n) is 6.77. The molecule has 202 valence electrons. The van der Waals surface area contributed by atoms with Crippen molar-refractivity contribution in [3.63, 3.8) is 0 Å². The van der Waals surface area contributed by atoms with Crippen molar-refractivity contribution < 1.29 is 32.3 Å². The Morgan fingerprint density at radius 2 is 1.89 bits per heavy atom. The number of nitrogens with zero attached hydrogens (tertiary/aromatic N) is 4. The highest BCUT2D eigenvalue weighted by Gasteiger charge is 2.41. The van der Waals surface area contributed by atoms with Gasteiger partial charge in [0.2, 0.25) is 0 Å². The molecule has 0 bridgehead atoms. The maximum Gasteiger partial charge on any atom is 0.573 e. The molecule has 0 radical (unpaired) electrons. The number of imidazole rings is 1. The predicted molar refractivity (Wildman–Crippen MR) is 132 cm³/mol. The van der Waals surface area contributed by atoms with E-state index in [4.69, 9.17) is 9.47 Å². The smallest absolute Gasteiger partial charge is 0.489 e. The highest BCUT2D eigenvalue weighted by atomic mass is 19.4. The first-order valence-corrected chi connectivity index (χ1v) is 12.3. The molecular formula is C26H27F3N4O5. The third-order valence-corrected chi connectivity index (χ3v) is 6.77. The maximum absolute atomic E-state index is 12.5. The van der Waals surface area contributed by atoms with Crippen LogP contribution in [0.3, 0.4) is 0 Å². The zero-order chi connectivity index (χ0) is 26.9. The summed E-state index contributed by atoms with van der Waals surface area (Å²) in [4.78, 5) is 16.5. The quantitative estimate of drug-likeness (QED) is 0.284. The Balaban J connectivity index is 1.09. The van der Waals surface area contributed by atoms with E-state index in [0.29, 0.717) is 24.6 Å². The second-order valence-electron chi connectivity index (χ2n) is 9.93. The van der Waals surface area contributed by atoms with E-state index in [1.54, 1.807) is 10.6 Å². The summed E-state index contributed by atoms with van der Waals surface area (Å²) in [5, 5.41) is 10.9. The molecule has 0 amide bonds. The Kier molecular flexibility index (Phi) is 6.80. The summed E-state index contributed by atoms with van der Waals surface area (Å²) >= 11 is 0. The number of alkyl halides is 3. The van der Waals surface area contributed by atoms with E-state index in [1.807, 2.05) is 37.3 Å². The van der Waals surface area contributed by atoms with Crippen molar-refractivity contribution in [2.45, 2.75) is 44.7 Å². The molecule has 12 heteroatoms. The predicted octanol–water partition coefficient (Wildman–Crippen LogP) is 5.38. The summed E-state index contributed by atoms with van der Waals surface area (Å²) in [6.45, 7) is 4.23. The number of piperidine rings is 1. The summed E-state index contributed by atoms with van der Waals surface area (Å²) in [6.07, 6.45) is -0.750. The molecule has 0 saturated carbocycles. The molecule has 0 spiro atoms. The number of fused-ring (bicyclic) bond motifs is 1. The average molecular weight is 533 g/mol. The molecule has 0 aliphatic carbocycles. The molecule has 3 aromatic rings. The summed E-state index contributed by atoms with van der Waals surface area (Å²) < 4.78 is 54.9. The second kappa shape index (κ2) is 10.1. The van der Waals surface area contributed by atoms with Gasteiger partial charge in [-0.25, -0.2) is 0 Å². The van der Waals surface area contributed by atoms with Crippen molar-refractivity contribution in [2.24, 2.45) is 5.92 Å². The van der Waals surface area contributed by atoms with Gasteiger partial charge in [0, 0.05) is 23.8 Å². The van der Waals surface area contributed by atoms with Gasteiger partial charge in [-0.05, 0) is 79.0 Å². The Labute approximate surface area is 216 Å². The molecular weight excluding hydrogens is 505 g/mol. The number of nitro groups is 1. The normalized spacial score (nSPS) is 19.6. The summed E-state index contributed by atoms with van der Waals surface area (Å²) in [7, 11) is 0. The molecule has 2 aliphatic rings. The highest BCUT2D eigenvalue weighted by Crippen LogP contribution is 2.32. The number of rotatable bonds is 8. The molecule has 9 nitrogen and oxygen atoms in total. The van der Waals surface area contributed by atoms with E-state index in [-0.39, 0.29) is 24.2 Å². The monoisotopic (exact) mass is 532 g/mol. The van der Waals surface area contributed by atoms with Gasteiger partial charge in [-0.1, -0.05) is 12.1 Å². The van der Waals surface area contributed by atoms with E-state index >= 15 is 0 Å². The zero-order valence-electron chi connectivity index (χ0n) is 20.7. The Hall–Kier alpha value is -3.96. The molecule has 1 unspecified atom stereocenters. The van der Waals surface area contributed by atoms with Gasteiger partial charge in [0.15, 0.2) is 5.60 Å². The van der Waals surface area contributed by atoms with Gasteiger partial charge >= 0.3 is 18.2 Å². The standard InChI is InChI=1S/C26H27F3N4O5/c1-25(16-32-15-23(33(34)35)30-24(32)38-25)17-36-21-7-5-20(6-8-21)31-11-9-18(10-12-31)13-19-3-2-4-22(14-19)37-26(27,28)29/h2-8,14-15,18H,9-13,16-17H2,1H3. The zero-order valence-corrected chi connectivity index (χ0v) is 20.7. The van der Waals surface area contributed by atoms with Crippen LogP contribution in [0.25, 0.3) is 0 Å². The molecule has 2 aliphatic heterocycles. The Morgan fingerprint density at radius 1 is 1.16 bits per heavy atom. The van der Waals surface area contributed by atoms with Crippen molar-refractivity contribution in [2.75, 3.05) is 24.6 Å². The molecule has 1 saturated heterocycles. The minimum absolute atomic E-state index is 0.182. The number of hydrogen-bond acceptors (Lipinski definition) is 7. The number of hydrogen-bond donors (Lipinski definition) is 0. The summed E-state index contributed by atoms with van der Waals surface area (Å²) in [5.41, 5.74) is 1.23. The summed E-state index contributed by atoms with van der Waals surface area (Å²) in [5.74, 6) is 0.647. The van der Waals surface area contributed by atoms with Gasteiger partial charge in [0.1, 0.15) is 24.3 Å². The van der Waals surface area contributed by atoms with E-state index in [1.165, 1.54) is 18.3 Å². The molecule has 1 fully saturated rings. The number of halogens is 3.